The topological polar surface area (TPSA) is 43.8 Å². The van der Waals surface area contributed by atoms with E-state index in [0.29, 0.717) is 12.8 Å². The van der Waals surface area contributed by atoms with Gasteiger partial charge in [-0.25, -0.2) is 8.78 Å². The van der Waals surface area contributed by atoms with Crippen LogP contribution in [-0.4, -0.2) is 15.7 Å². The van der Waals surface area contributed by atoms with Gasteiger partial charge < -0.3 is 5.73 Å². The standard InChI is InChI=1S/C10H15F2N3/c1-15-7-2-8(14-15)9(13)3-5-10(11,12)6-4-9/h2,7H,3-6,13H2,1H3. The van der Waals surface area contributed by atoms with Gasteiger partial charge in [0.2, 0.25) is 5.92 Å². The van der Waals surface area contributed by atoms with E-state index in [0.717, 1.165) is 5.69 Å². The molecule has 5 heteroatoms. The van der Waals surface area contributed by atoms with Gasteiger partial charge in [-0.05, 0) is 18.9 Å². The van der Waals surface area contributed by atoms with Crippen molar-refractivity contribution in [3.63, 3.8) is 0 Å². The zero-order chi connectivity index (χ0) is 11.1. The first-order chi connectivity index (χ1) is 6.91. The van der Waals surface area contributed by atoms with Crippen molar-refractivity contribution in [1.29, 1.82) is 0 Å². The lowest BCUT2D eigenvalue weighted by molar-refractivity contribution is -0.0519. The fourth-order valence-electron chi connectivity index (χ4n) is 2.00. The summed E-state index contributed by atoms with van der Waals surface area (Å²) < 4.78 is 27.6. The van der Waals surface area contributed by atoms with Crippen LogP contribution in [0.2, 0.25) is 0 Å². The molecule has 0 bridgehead atoms. The van der Waals surface area contributed by atoms with Gasteiger partial charge in [0, 0.05) is 26.1 Å². The largest absolute Gasteiger partial charge is 0.320 e. The van der Waals surface area contributed by atoms with Gasteiger partial charge in [-0.2, -0.15) is 5.10 Å². The molecule has 0 unspecified atom stereocenters. The molecule has 0 radical (unpaired) electrons. The normalized spacial score (nSPS) is 24.0. The highest BCUT2D eigenvalue weighted by atomic mass is 19.3. The number of hydrogen-bond acceptors (Lipinski definition) is 2. The number of alkyl halides is 2. The molecule has 2 rings (SSSR count). The number of hydrogen-bond donors (Lipinski definition) is 1. The predicted octanol–water partition coefficient (Wildman–Crippen LogP) is 1.78. The van der Waals surface area contributed by atoms with Gasteiger partial charge in [0.25, 0.3) is 0 Å². The summed E-state index contributed by atoms with van der Waals surface area (Å²) >= 11 is 0. The van der Waals surface area contributed by atoms with Crippen LogP contribution in [0.3, 0.4) is 0 Å². The van der Waals surface area contributed by atoms with Crippen molar-refractivity contribution < 1.29 is 8.78 Å². The van der Waals surface area contributed by atoms with Gasteiger partial charge >= 0.3 is 0 Å². The molecule has 1 saturated carbocycles. The molecular formula is C10H15F2N3. The second kappa shape index (κ2) is 3.27. The average Bonchev–Trinajstić information content (AvgIpc) is 2.59. The van der Waals surface area contributed by atoms with Gasteiger partial charge in [-0.15, -0.1) is 0 Å². The Balaban J connectivity index is 2.16. The lowest BCUT2D eigenvalue weighted by Gasteiger charge is -2.35. The molecule has 0 spiro atoms. The molecule has 1 fully saturated rings. The van der Waals surface area contributed by atoms with Crippen LogP contribution >= 0.6 is 0 Å². The van der Waals surface area contributed by atoms with E-state index in [2.05, 4.69) is 5.10 Å². The third kappa shape index (κ3) is 2.02. The first-order valence-electron chi connectivity index (χ1n) is 5.08. The molecule has 0 aromatic carbocycles. The molecule has 2 N–H and O–H groups in total. The monoisotopic (exact) mass is 215 g/mol. The number of halogens is 2. The van der Waals surface area contributed by atoms with Crippen LogP contribution in [0.5, 0.6) is 0 Å². The maximum Gasteiger partial charge on any atom is 0.248 e. The Morgan fingerprint density at radius 2 is 1.93 bits per heavy atom. The Morgan fingerprint density at radius 3 is 2.40 bits per heavy atom. The summed E-state index contributed by atoms with van der Waals surface area (Å²) in [6.07, 6.45) is 2.12. The van der Waals surface area contributed by atoms with Crippen molar-refractivity contribution >= 4 is 0 Å². The summed E-state index contributed by atoms with van der Waals surface area (Å²) in [6, 6.07) is 1.81. The van der Waals surface area contributed by atoms with E-state index in [9.17, 15) is 8.78 Å². The smallest absolute Gasteiger partial charge is 0.248 e. The Morgan fingerprint density at radius 1 is 1.33 bits per heavy atom. The highest BCUT2D eigenvalue weighted by Crippen LogP contribution is 2.41. The zero-order valence-electron chi connectivity index (χ0n) is 8.71. The minimum Gasteiger partial charge on any atom is -0.320 e. The van der Waals surface area contributed by atoms with E-state index in [4.69, 9.17) is 5.73 Å². The van der Waals surface area contributed by atoms with Crippen LogP contribution in [0.1, 0.15) is 31.4 Å². The molecular weight excluding hydrogens is 200 g/mol. The summed E-state index contributed by atoms with van der Waals surface area (Å²) in [4.78, 5) is 0. The van der Waals surface area contributed by atoms with E-state index in [1.807, 2.05) is 6.07 Å². The molecule has 0 saturated heterocycles. The van der Waals surface area contributed by atoms with Gasteiger partial charge in [-0.1, -0.05) is 0 Å². The lowest BCUT2D eigenvalue weighted by Crippen LogP contribution is -2.43. The van der Waals surface area contributed by atoms with Crippen LogP contribution in [0.25, 0.3) is 0 Å². The molecule has 0 atom stereocenters. The third-order valence-electron chi connectivity index (χ3n) is 3.10. The maximum absolute atomic E-state index is 13.0. The number of rotatable bonds is 1. The molecule has 1 heterocycles. The van der Waals surface area contributed by atoms with Crippen molar-refractivity contribution in [1.82, 2.24) is 9.78 Å². The van der Waals surface area contributed by atoms with Gasteiger partial charge in [-0.3, -0.25) is 4.68 Å². The van der Waals surface area contributed by atoms with Crippen LogP contribution in [-0.2, 0) is 12.6 Å². The van der Waals surface area contributed by atoms with Crippen LogP contribution in [0, 0.1) is 0 Å². The van der Waals surface area contributed by atoms with Gasteiger partial charge in [0.15, 0.2) is 0 Å². The number of nitrogens with zero attached hydrogens (tertiary/aromatic N) is 2. The van der Waals surface area contributed by atoms with Crippen LogP contribution < -0.4 is 5.73 Å². The number of aryl methyl sites for hydroxylation is 1. The summed E-state index contributed by atoms with van der Waals surface area (Å²) in [5.41, 5.74) is 6.16. The Bertz CT molecular complexity index is 349. The summed E-state index contributed by atoms with van der Waals surface area (Å²) in [6.45, 7) is 0. The Hall–Kier alpha value is -0.970. The average molecular weight is 215 g/mol. The highest BCUT2D eigenvalue weighted by Gasteiger charge is 2.43. The van der Waals surface area contributed by atoms with Crippen molar-refractivity contribution in [3.8, 4) is 0 Å². The summed E-state index contributed by atoms with van der Waals surface area (Å²) in [5, 5.41) is 4.20. The summed E-state index contributed by atoms with van der Waals surface area (Å²) in [5.74, 6) is -2.54. The lowest BCUT2D eigenvalue weighted by atomic mass is 9.78. The Kier molecular flexibility index (Phi) is 2.30. The van der Waals surface area contributed by atoms with E-state index in [1.165, 1.54) is 0 Å². The van der Waals surface area contributed by atoms with Gasteiger partial charge in [0.05, 0.1) is 11.2 Å². The fourth-order valence-corrected chi connectivity index (χ4v) is 2.00. The minimum absolute atomic E-state index is 0.139. The van der Waals surface area contributed by atoms with E-state index in [-0.39, 0.29) is 12.8 Å². The van der Waals surface area contributed by atoms with Crippen LogP contribution in [0.15, 0.2) is 12.3 Å². The zero-order valence-corrected chi connectivity index (χ0v) is 8.71. The molecule has 3 nitrogen and oxygen atoms in total. The second-order valence-electron chi connectivity index (χ2n) is 4.39. The van der Waals surface area contributed by atoms with Crippen molar-refractivity contribution in [2.75, 3.05) is 0 Å². The second-order valence-corrected chi connectivity index (χ2v) is 4.39. The molecule has 84 valence electrons. The number of aromatic nitrogens is 2. The quantitative estimate of drug-likeness (QED) is 0.776. The van der Waals surface area contributed by atoms with Crippen molar-refractivity contribution in [2.24, 2.45) is 12.8 Å². The van der Waals surface area contributed by atoms with Gasteiger partial charge in [0.1, 0.15) is 0 Å². The van der Waals surface area contributed by atoms with E-state index < -0.39 is 11.5 Å². The van der Waals surface area contributed by atoms with Crippen molar-refractivity contribution in [2.45, 2.75) is 37.1 Å². The predicted molar refractivity (Wildman–Crippen MR) is 52.5 cm³/mol. The molecule has 1 aromatic heterocycles. The highest BCUT2D eigenvalue weighted by molar-refractivity contribution is 5.14. The minimum atomic E-state index is -2.54. The molecule has 0 amide bonds. The first kappa shape index (κ1) is 10.5. The van der Waals surface area contributed by atoms with E-state index >= 15 is 0 Å². The Labute approximate surface area is 87.3 Å². The number of nitrogens with two attached hydrogens (primary N) is 1. The SMILES string of the molecule is Cn1ccc(C2(N)CCC(F)(F)CC2)n1. The molecule has 1 aliphatic rings. The van der Waals surface area contributed by atoms with Crippen molar-refractivity contribution in [3.05, 3.63) is 18.0 Å². The molecule has 0 aliphatic heterocycles. The first-order valence-corrected chi connectivity index (χ1v) is 5.08. The third-order valence-corrected chi connectivity index (χ3v) is 3.10. The molecule has 1 aromatic rings. The maximum atomic E-state index is 13.0. The summed E-state index contributed by atoms with van der Waals surface area (Å²) in [7, 11) is 1.80. The molecule has 15 heavy (non-hydrogen) atoms. The fraction of sp³-hybridized carbons (Fsp3) is 0.700. The van der Waals surface area contributed by atoms with E-state index in [1.54, 1.807) is 17.9 Å². The van der Waals surface area contributed by atoms with Crippen LogP contribution in [0.4, 0.5) is 8.78 Å². The molecule has 1 aliphatic carbocycles.